The van der Waals surface area contributed by atoms with E-state index in [0.717, 1.165) is 12.3 Å². The topological polar surface area (TPSA) is 72.2 Å². The highest BCUT2D eigenvalue weighted by Crippen LogP contribution is 2.30. The van der Waals surface area contributed by atoms with Crippen LogP contribution in [0.3, 0.4) is 0 Å². The molecule has 4 heteroatoms. The SMILES string of the molecule is CNC(CC(=O)C(N)=O)CC1CCC1. The Morgan fingerprint density at radius 1 is 1.50 bits per heavy atom. The fraction of sp³-hybridized carbons (Fsp3) is 0.800. The molecule has 1 aliphatic carbocycles. The number of rotatable bonds is 6. The number of ketones is 1. The van der Waals surface area contributed by atoms with Crippen LogP contribution in [0, 0.1) is 5.92 Å². The first kappa shape index (κ1) is 11.2. The van der Waals surface area contributed by atoms with Crippen molar-refractivity contribution < 1.29 is 9.59 Å². The quantitative estimate of drug-likeness (QED) is 0.599. The third kappa shape index (κ3) is 3.10. The van der Waals surface area contributed by atoms with Crippen molar-refractivity contribution >= 4 is 11.7 Å². The highest BCUT2D eigenvalue weighted by molar-refractivity contribution is 6.35. The molecule has 0 heterocycles. The maximum absolute atomic E-state index is 11.1. The van der Waals surface area contributed by atoms with Crippen LogP contribution >= 0.6 is 0 Å². The van der Waals surface area contributed by atoms with E-state index < -0.39 is 11.7 Å². The van der Waals surface area contributed by atoms with E-state index in [2.05, 4.69) is 5.32 Å². The lowest BCUT2D eigenvalue weighted by Crippen LogP contribution is -2.35. The summed E-state index contributed by atoms with van der Waals surface area (Å²) in [6, 6.07) is 0.111. The summed E-state index contributed by atoms with van der Waals surface area (Å²) in [6.07, 6.45) is 5.02. The van der Waals surface area contributed by atoms with Crippen LogP contribution in [0.15, 0.2) is 0 Å². The number of amides is 1. The molecular formula is C10H18N2O2. The Kier molecular flexibility index (Phi) is 4.07. The second-order valence-corrected chi connectivity index (χ2v) is 4.01. The zero-order valence-corrected chi connectivity index (χ0v) is 8.58. The Balaban J connectivity index is 2.29. The van der Waals surface area contributed by atoms with Gasteiger partial charge in [-0.1, -0.05) is 19.3 Å². The van der Waals surface area contributed by atoms with E-state index in [1.165, 1.54) is 19.3 Å². The van der Waals surface area contributed by atoms with Crippen molar-refractivity contribution in [1.82, 2.24) is 5.32 Å². The van der Waals surface area contributed by atoms with Gasteiger partial charge in [-0.25, -0.2) is 0 Å². The molecule has 0 bridgehead atoms. The van der Waals surface area contributed by atoms with Crippen LogP contribution in [-0.2, 0) is 9.59 Å². The van der Waals surface area contributed by atoms with Crippen LogP contribution in [0.25, 0.3) is 0 Å². The van der Waals surface area contributed by atoms with Gasteiger partial charge in [-0.2, -0.15) is 0 Å². The fourth-order valence-corrected chi connectivity index (χ4v) is 1.76. The van der Waals surface area contributed by atoms with E-state index in [-0.39, 0.29) is 12.5 Å². The minimum atomic E-state index is -0.821. The number of nitrogens with one attached hydrogen (secondary N) is 1. The lowest BCUT2D eigenvalue weighted by Gasteiger charge is -2.29. The summed E-state index contributed by atoms with van der Waals surface area (Å²) in [5.41, 5.74) is 4.90. The Bertz CT molecular complexity index is 224. The third-order valence-corrected chi connectivity index (χ3v) is 2.96. The zero-order chi connectivity index (χ0) is 10.6. The van der Waals surface area contributed by atoms with Crippen LogP contribution in [-0.4, -0.2) is 24.8 Å². The lowest BCUT2D eigenvalue weighted by atomic mass is 9.80. The first-order valence-corrected chi connectivity index (χ1v) is 5.13. The minimum absolute atomic E-state index is 0.111. The van der Waals surface area contributed by atoms with Crippen molar-refractivity contribution in [3.8, 4) is 0 Å². The van der Waals surface area contributed by atoms with Gasteiger partial charge in [0.25, 0.3) is 5.91 Å². The van der Waals surface area contributed by atoms with Gasteiger partial charge in [0, 0.05) is 12.5 Å². The molecular weight excluding hydrogens is 180 g/mol. The maximum Gasteiger partial charge on any atom is 0.284 e. The van der Waals surface area contributed by atoms with E-state index in [9.17, 15) is 9.59 Å². The van der Waals surface area contributed by atoms with Crippen molar-refractivity contribution in [2.45, 2.75) is 38.1 Å². The average Bonchev–Trinajstić information content (AvgIpc) is 2.08. The van der Waals surface area contributed by atoms with Gasteiger partial charge in [-0.05, 0) is 19.4 Å². The van der Waals surface area contributed by atoms with Crippen molar-refractivity contribution in [2.24, 2.45) is 11.7 Å². The van der Waals surface area contributed by atoms with E-state index in [1.807, 2.05) is 7.05 Å². The summed E-state index contributed by atoms with van der Waals surface area (Å²) < 4.78 is 0. The number of carbonyl (C=O) groups excluding carboxylic acids is 2. The summed E-state index contributed by atoms with van der Waals surface area (Å²) >= 11 is 0. The molecule has 0 aromatic carbocycles. The number of carbonyl (C=O) groups is 2. The molecule has 80 valence electrons. The van der Waals surface area contributed by atoms with Crippen LogP contribution in [0.5, 0.6) is 0 Å². The first-order chi connectivity index (χ1) is 6.63. The van der Waals surface area contributed by atoms with Gasteiger partial charge < -0.3 is 11.1 Å². The minimum Gasteiger partial charge on any atom is -0.363 e. The van der Waals surface area contributed by atoms with Crippen LogP contribution in [0.1, 0.15) is 32.1 Å². The van der Waals surface area contributed by atoms with Gasteiger partial charge >= 0.3 is 0 Å². The second-order valence-electron chi connectivity index (χ2n) is 4.01. The number of Topliss-reactive ketones (excluding diaryl/α,β-unsaturated/α-hetero) is 1. The van der Waals surface area contributed by atoms with Gasteiger partial charge in [0.1, 0.15) is 0 Å². The Morgan fingerprint density at radius 3 is 2.50 bits per heavy atom. The molecule has 0 aromatic rings. The van der Waals surface area contributed by atoms with Crippen molar-refractivity contribution in [3.63, 3.8) is 0 Å². The van der Waals surface area contributed by atoms with Crippen LogP contribution < -0.4 is 11.1 Å². The zero-order valence-electron chi connectivity index (χ0n) is 8.58. The molecule has 14 heavy (non-hydrogen) atoms. The highest BCUT2D eigenvalue weighted by atomic mass is 16.2. The van der Waals surface area contributed by atoms with Crippen molar-refractivity contribution in [3.05, 3.63) is 0 Å². The van der Waals surface area contributed by atoms with E-state index >= 15 is 0 Å². The molecule has 1 unspecified atom stereocenters. The van der Waals surface area contributed by atoms with Crippen LogP contribution in [0.4, 0.5) is 0 Å². The number of hydrogen-bond acceptors (Lipinski definition) is 3. The summed E-state index contributed by atoms with van der Waals surface area (Å²) in [6.45, 7) is 0. The molecule has 4 nitrogen and oxygen atoms in total. The summed E-state index contributed by atoms with van der Waals surface area (Å²) in [5, 5.41) is 3.06. The van der Waals surface area contributed by atoms with Crippen LogP contribution in [0.2, 0.25) is 0 Å². The Morgan fingerprint density at radius 2 is 2.14 bits per heavy atom. The van der Waals surface area contributed by atoms with Crippen molar-refractivity contribution in [1.29, 1.82) is 0 Å². The highest BCUT2D eigenvalue weighted by Gasteiger charge is 2.23. The molecule has 1 saturated carbocycles. The predicted octanol–water partition coefficient (Wildman–Crippen LogP) is 0.209. The molecule has 0 spiro atoms. The number of primary amides is 1. The Hall–Kier alpha value is -0.900. The average molecular weight is 198 g/mol. The summed E-state index contributed by atoms with van der Waals surface area (Å²) in [7, 11) is 1.82. The third-order valence-electron chi connectivity index (χ3n) is 2.96. The largest absolute Gasteiger partial charge is 0.363 e. The summed E-state index contributed by atoms with van der Waals surface area (Å²) in [4.78, 5) is 21.7. The van der Waals surface area contributed by atoms with Gasteiger partial charge in [0.05, 0.1) is 0 Å². The first-order valence-electron chi connectivity index (χ1n) is 5.13. The maximum atomic E-state index is 11.1. The molecule has 0 saturated heterocycles. The molecule has 0 aliphatic heterocycles. The Labute approximate surface area is 84.2 Å². The second kappa shape index (κ2) is 5.10. The molecule has 1 rings (SSSR count). The number of hydrogen-bond donors (Lipinski definition) is 2. The van der Waals surface area contributed by atoms with E-state index in [4.69, 9.17) is 5.73 Å². The molecule has 0 aromatic heterocycles. The molecule has 3 N–H and O–H groups in total. The summed E-state index contributed by atoms with van der Waals surface area (Å²) in [5.74, 6) is -0.560. The normalized spacial score (nSPS) is 18.6. The monoisotopic (exact) mass is 198 g/mol. The van der Waals surface area contributed by atoms with E-state index in [0.29, 0.717) is 0 Å². The van der Waals surface area contributed by atoms with Gasteiger partial charge in [0.15, 0.2) is 0 Å². The predicted molar refractivity (Wildman–Crippen MR) is 53.6 cm³/mol. The molecule has 0 radical (unpaired) electrons. The van der Waals surface area contributed by atoms with Gasteiger partial charge in [-0.15, -0.1) is 0 Å². The smallest absolute Gasteiger partial charge is 0.284 e. The lowest BCUT2D eigenvalue weighted by molar-refractivity contribution is -0.136. The molecule has 1 fully saturated rings. The molecule has 1 amide bonds. The van der Waals surface area contributed by atoms with E-state index in [1.54, 1.807) is 0 Å². The number of nitrogens with two attached hydrogens (primary N) is 1. The molecule has 1 aliphatic rings. The standard InChI is InChI=1S/C10H18N2O2/c1-12-8(5-7-3-2-4-7)6-9(13)10(11)14/h7-8,12H,2-6H2,1H3,(H2,11,14). The van der Waals surface area contributed by atoms with Gasteiger partial charge in [-0.3, -0.25) is 9.59 Å². The van der Waals surface area contributed by atoms with Gasteiger partial charge in [0.2, 0.25) is 5.78 Å². The fourth-order valence-electron chi connectivity index (χ4n) is 1.76. The molecule has 1 atom stereocenters. The van der Waals surface area contributed by atoms with Crippen molar-refractivity contribution in [2.75, 3.05) is 7.05 Å².